The number of carbonyl (C=O) groups excluding carboxylic acids is 1. The van der Waals surface area contributed by atoms with Crippen molar-refractivity contribution < 1.29 is 4.79 Å². The van der Waals surface area contributed by atoms with Crippen LogP contribution in [0.2, 0.25) is 0 Å². The zero-order chi connectivity index (χ0) is 15.7. The summed E-state index contributed by atoms with van der Waals surface area (Å²) in [6, 6.07) is 6.27. The van der Waals surface area contributed by atoms with Crippen molar-refractivity contribution >= 4 is 11.6 Å². The van der Waals surface area contributed by atoms with E-state index in [2.05, 4.69) is 43.1 Å². The highest BCUT2D eigenvalue weighted by atomic mass is 16.2. The summed E-state index contributed by atoms with van der Waals surface area (Å²) in [4.78, 5) is 15.3. The van der Waals surface area contributed by atoms with E-state index in [0.717, 1.165) is 29.9 Å². The van der Waals surface area contributed by atoms with Gasteiger partial charge in [-0.3, -0.25) is 9.69 Å². The van der Waals surface area contributed by atoms with Crippen molar-refractivity contribution in [3.8, 4) is 0 Å². The highest BCUT2D eigenvalue weighted by Gasteiger charge is 2.58. The van der Waals surface area contributed by atoms with Crippen molar-refractivity contribution in [1.29, 1.82) is 0 Å². The molecule has 0 bridgehead atoms. The van der Waals surface area contributed by atoms with Gasteiger partial charge < -0.3 is 5.32 Å². The van der Waals surface area contributed by atoms with Crippen LogP contribution in [0.15, 0.2) is 18.2 Å². The number of likely N-dealkylation sites (tertiary alicyclic amines) is 1. The third kappa shape index (κ3) is 2.56. The molecule has 0 radical (unpaired) electrons. The minimum Gasteiger partial charge on any atom is -0.324 e. The van der Waals surface area contributed by atoms with Crippen LogP contribution in [0.1, 0.15) is 50.2 Å². The lowest BCUT2D eigenvalue weighted by Crippen LogP contribution is -2.71. The standard InChI is InChI=1S/C19H28N2O/c1-4-5-12-21-13-19(10-7-11-19)17(21)18(22)20-16-14(2)8-6-9-15(16)3/h6,8-9,17H,4-5,7,10-13H2,1-3H3,(H,20,22). The molecular weight excluding hydrogens is 272 g/mol. The van der Waals surface area contributed by atoms with Crippen LogP contribution in [0.3, 0.4) is 0 Å². The molecule has 1 spiro atoms. The number of nitrogens with one attached hydrogen (secondary N) is 1. The fourth-order valence-corrected chi connectivity index (χ4v) is 4.14. The molecule has 1 aliphatic heterocycles. The second kappa shape index (κ2) is 6.04. The Balaban J connectivity index is 1.74. The van der Waals surface area contributed by atoms with Crippen LogP contribution in [0.25, 0.3) is 0 Å². The first-order chi connectivity index (χ1) is 10.6. The summed E-state index contributed by atoms with van der Waals surface area (Å²) in [6.45, 7) is 8.53. The molecule has 2 fully saturated rings. The van der Waals surface area contributed by atoms with Crippen molar-refractivity contribution in [2.45, 2.75) is 58.9 Å². The lowest BCUT2D eigenvalue weighted by Gasteiger charge is -2.61. The number of unbranched alkanes of at least 4 members (excludes halogenated alkanes) is 1. The second-order valence-corrected chi connectivity index (χ2v) is 7.20. The molecule has 2 aliphatic rings. The molecule has 1 aliphatic carbocycles. The van der Waals surface area contributed by atoms with E-state index in [9.17, 15) is 4.79 Å². The van der Waals surface area contributed by atoms with E-state index >= 15 is 0 Å². The van der Waals surface area contributed by atoms with E-state index in [1.807, 2.05) is 6.07 Å². The van der Waals surface area contributed by atoms with Crippen LogP contribution >= 0.6 is 0 Å². The summed E-state index contributed by atoms with van der Waals surface area (Å²) in [5.74, 6) is 0.208. The molecule has 22 heavy (non-hydrogen) atoms. The van der Waals surface area contributed by atoms with Crippen molar-refractivity contribution in [3.05, 3.63) is 29.3 Å². The average Bonchev–Trinajstić information content (AvgIpc) is 2.40. The number of nitrogens with zero attached hydrogens (tertiary/aromatic N) is 1. The summed E-state index contributed by atoms with van der Waals surface area (Å²) in [5.41, 5.74) is 3.59. The Hall–Kier alpha value is -1.35. The van der Waals surface area contributed by atoms with E-state index in [4.69, 9.17) is 0 Å². The molecule has 120 valence electrons. The number of benzene rings is 1. The van der Waals surface area contributed by atoms with Gasteiger partial charge in [-0.2, -0.15) is 0 Å². The molecule has 1 aromatic rings. The average molecular weight is 300 g/mol. The van der Waals surface area contributed by atoms with E-state index < -0.39 is 0 Å². The first-order valence-electron chi connectivity index (χ1n) is 8.68. The molecule has 1 unspecified atom stereocenters. The van der Waals surface area contributed by atoms with Gasteiger partial charge in [-0.1, -0.05) is 38.0 Å². The number of anilines is 1. The Labute approximate surface area is 134 Å². The molecule has 0 aromatic heterocycles. The summed E-state index contributed by atoms with van der Waals surface area (Å²) in [6.07, 6.45) is 6.10. The van der Waals surface area contributed by atoms with E-state index in [-0.39, 0.29) is 17.4 Å². The van der Waals surface area contributed by atoms with Crippen LogP contribution in [0.4, 0.5) is 5.69 Å². The molecule has 3 nitrogen and oxygen atoms in total. The summed E-state index contributed by atoms with van der Waals surface area (Å²) in [5, 5.41) is 3.23. The molecule has 3 rings (SSSR count). The number of aryl methyl sites for hydroxylation is 2. The van der Waals surface area contributed by atoms with E-state index in [1.165, 1.54) is 32.1 Å². The van der Waals surface area contributed by atoms with Crippen molar-refractivity contribution in [2.75, 3.05) is 18.4 Å². The van der Waals surface area contributed by atoms with Gasteiger partial charge in [0.1, 0.15) is 0 Å². The summed E-state index contributed by atoms with van der Waals surface area (Å²) < 4.78 is 0. The third-order valence-corrected chi connectivity index (χ3v) is 5.59. The van der Waals surface area contributed by atoms with Crippen LogP contribution in [0.5, 0.6) is 0 Å². The molecule has 3 heteroatoms. The first-order valence-corrected chi connectivity index (χ1v) is 8.68. The second-order valence-electron chi connectivity index (χ2n) is 7.20. The van der Waals surface area contributed by atoms with Crippen molar-refractivity contribution in [1.82, 2.24) is 4.90 Å². The smallest absolute Gasteiger partial charge is 0.242 e. The van der Waals surface area contributed by atoms with Crippen molar-refractivity contribution in [3.63, 3.8) is 0 Å². The van der Waals surface area contributed by atoms with Gasteiger partial charge in [0.25, 0.3) is 0 Å². The molecular formula is C19H28N2O. The van der Waals surface area contributed by atoms with Crippen molar-refractivity contribution in [2.24, 2.45) is 5.41 Å². The molecule has 1 atom stereocenters. The Bertz CT molecular complexity index is 542. The first kappa shape index (κ1) is 15.5. The Morgan fingerprint density at radius 3 is 2.55 bits per heavy atom. The zero-order valence-electron chi connectivity index (χ0n) is 14.1. The number of hydrogen-bond donors (Lipinski definition) is 1. The normalized spacial score (nSPS) is 23.0. The minimum atomic E-state index is 0.0896. The topological polar surface area (TPSA) is 32.3 Å². The number of hydrogen-bond acceptors (Lipinski definition) is 2. The third-order valence-electron chi connectivity index (χ3n) is 5.59. The zero-order valence-corrected chi connectivity index (χ0v) is 14.1. The predicted molar refractivity (Wildman–Crippen MR) is 91.1 cm³/mol. The van der Waals surface area contributed by atoms with Gasteiger partial charge in [0.15, 0.2) is 0 Å². The monoisotopic (exact) mass is 300 g/mol. The highest BCUT2D eigenvalue weighted by molar-refractivity contribution is 5.97. The molecule has 1 saturated carbocycles. The molecule has 1 N–H and O–H groups in total. The van der Waals surface area contributed by atoms with Gasteiger partial charge in [-0.25, -0.2) is 0 Å². The lowest BCUT2D eigenvalue weighted by molar-refractivity contribution is -0.156. The van der Waals surface area contributed by atoms with Gasteiger partial charge in [0.2, 0.25) is 5.91 Å². The maximum absolute atomic E-state index is 12.9. The van der Waals surface area contributed by atoms with E-state index in [0.29, 0.717) is 0 Å². The minimum absolute atomic E-state index is 0.0896. The fraction of sp³-hybridized carbons (Fsp3) is 0.632. The summed E-state index contributed by atoms with van der Waals surface area (Å²) in [7, 11) is 0. The molecule has 1 heterocycles. The predicted octanol–water partition coefficient (Wildman–Crippen LogP) is 3.90. The largest absolute Gasteiger partial charge is 0.324 e. The van der Waals surface area contributed by atoms with Gasteiger partial charge in [-0.05, 0) is 50.8 Å². The van der Waals surface area contributed by atoms with Gasteiger partial charge in [0.05, 0.1) is 6.04 Å². The number of carbonyl (C=O) groups is 1. The van der Waals surface area contributed by atoms with Crippen LogP contribution in [-0.2, 0) is 4.79 Å². The fourth-order valence-electron chi connectivity index (χ4n) is 4.14. The highest BCUT2D eigenvalue weighted by Crippen LogP contribution is 2.53. The quantitative estimate of drug-likeness (QED) is 0.894. The molecule has 1 amide bonds. The van der Waals surface area contributed by atoms with Gasteiger partial charge in [-0.15, -0.1) is 0 Å². The van der Waals surface area contributed by atoms with Crippen LogP contribution in [0, 0.1) is 19.3 Å². The Morgan fingerprint density at radius 2 is 2.00 bits per heavy atom. The van der Waals surface area contributed by atoms with Gasteiger partial charge in [0, 0.05) is 17.6 Å². The lowest BCUT2D eigenvalue weighted by atomic mass is 9.57. The van der Waals surface area contributed by atoms with Gasteiger partial charge >= 0.3 is 0 Å². The maximum atomic E-state index is 12.9. The Morgan fingerprint density at radius 1 is 1.32 bits per heavy atom. The number of para-hydroxylation sites is 1. The van der Waals surface area contributed by atoms with Crippen LogP contribution in [-0.4, -0.2) is 29.9 Å². The molecule has 1 aromatic carbocycles. The number of rotatable bonds is 5. The Kier molecular flexibility index (Phi) is 4.26. The SMILES string of the molecule is CCCCN1CC2(CCC2)C1C(=O)Nc1c(C)cccc1C. The van der Waals surface area contributed by atoms with Crippen LogP contribution < -0.4 is 5.32 Å². The maximum Gasteiger partial charge on any atom is 0.242 e. The summed E-state index contributed by atoms with van der Waals surface area (Å²) >= 11 is 0. The molecule has 1 saturated heterocycles. The van der Waals surface area contributed by atoms with E-state index in [1.54, 1.807) is 0 Å². The number of amides is 1.